The number of nitrogens with two attached hydrogens (primary N) is 1. The van der Waals surface area contributed by atoms with E-state index in [4.69, 9.17) is 10.8 Å². The molecule has 0 saturated heterocycles. The fourth-order valence-corrected chi connectivity index (χ4v) is 1.53. The highest BCUT2D eigenvalue weighted by Crippen LogP contribution is 2.09. The minimum Gasteiger partial charge on any atom is -0.481 e. The third-order valence-electron chi connectivity index (χ3n) is 2.56. The first kappa shape index (κ1) is 14.2. The molecule has 4 N–H and O–H groups in total. The zero-order valence-electron chi connectivity index (χ0n) is 10.1. The highest BCUT2D eigenvalue weighted by molar-refractivity contribution is 5.82. The molecule has 0 bridgehead atoms. The van der Waals surface area contributed by atoms with Gasteiger partial charge < -0.3 is 16.2 Å². The fraction of sp³-hybridized carbons (Fsp3) is 0.385. The first-order valence-corrected chi connectivity index (χ1v) is 5.91. The molecule has 0 fully saturated rings. The molecule has 0 heterocycles. The van der Waals surface area contributed by atoms with Crippen molar-refractivity contribution in [3.05, 3.63) is 35.9 Å². The Morgan fingerprint density at radius 3 is 2.50 bits per heavy atom. The molecule has 1 amide bonds. The van der Waals surface area contributed by atoms with Gasteiger partial charge in [-0.2, -0.15) is 0 Å². The Bertz CT molecular complexity index is 392. The van der Waals surface area contributed by atoms with Crippen molar-refractivity contribution >= 4 is 11.9 Å². The van der Waals surface area contributed by atoms with Gasteiger partial charge in [-0.15, -0.1) is 0 Å². The van der Waals surface area contributed by atoms with Crippen LogP contribution in [0.4, 0.5) is 0 Å². The summed E-state index contributed by atoms with van der Waals surface area (Å²) in [4.78, 5) is 22.0. The van der Waals surface area contributed by atoms with E-state index in [9.17, 15) is 9.59 Å². The molecule has 0 radical (unpaired) electrons. The van der Waals surface area contributed by atoms with E-state index < -0.39 is 12.0 Å². The molecule has 1 rings (SSSR count). The summed E-state index contributed by atoms with van der Waals surface area (Å²) in [5.74, 6) is -1.06. The van der Waals surface area contributed by atoms with Crippen LogP contribution >= 0.6 is 0 Å². The second-order valence-corrected chi connectivity index (χ2v) is 4.03. The largest absolute Gasteiger partial charge is 0.481 e. The third kappa shape index (κ3) is 4.97. The van der Waals surface area contributed by atoms with Crippen molar-refractivity contribution in [3.8, 4) is 0 Å². The average molecular weight is 250 g/mol. The number of carbonyl (C=O) groups is 2. The van der Waals surface area contributed by atoms with Crippen molar-refractivity contribution in [1.29, 1.82) is 0 Å². The number of hydrogen-bond acceptors (Lipinski definition) is 3. The van der Waals surface area contributed by atoms with Gasteiger partial charge in [0.05, 0.1) is 0 Å². The summed E-state index contributed by atoms with van der Waals surface area (Å²) in [6.07, 6.45) is 1.32. The van der Waals surface area contributed by atoms with Crippen LogP contribution in [0.15, 0.2) is 30.3 Å². The molecule has 98 valence electrons. The number of aliphatic carboxylic acids is 1. The van der Waals surface area contributed by atoms with Gasteiger partial charge in [-0.1, -0.05) is 30.3 Å². The first-order chi connectivity index (χ1) is 8.61. The summed E-state index contributed by atoms with van der Waals surface area (Å²) in [7, 11) is 0. The van der Waals surface area contributed by atoms with E-state index >= 15 is 0 Å². The summed E-state index contributed by atoms with van der Waals surface area (Å²) in [6.45, 7) is 0.451. The molecule has 0 aliphatic carbocycles. The Hall–Kier alpha value is -1.88. The number of carboxylic acids is 1. The summed E-state index contributed by atoms with van der Waals surface area (Å²) in [6, 6.07) is 8.44. The minimum absolute atomic E-state index is 0.126. The van der Waals surface area contributed by atoms with Gasteiger partial charge in [-0.3, -0.25) is 9.59 Å². The first-order valence-electron chi connectivity index (χ1n) is 5.91. The Morgan fingerprint density at radius 1 is 1.22 bits per heavy atom. The van der Waals surface area contributed by atoms with Crippen LogP contribution in [-0.4, -0.2) is 23.5 Å². The van der Waals surface area contributed by atoms with E-state index in [2.05, 4.69) is 5.32 Å². The molecule has 0 aliphatic heterocycles. The van der Waals surface area contributed by atoms with E-state index in [1.807, 2.05) is 18.2 Å². The van der Waals surface area contributed by atoms with Crippen LogP contribution < -0.4 is 11.1 Å². The summed E-state index contributed by atoms with van der Waals surface area (Å²) in [5, 5.41) is 11.1. The lowest BCUT2D eigenvalue weighted by atomic mass is 10.1. The number of amides is 1. The predicted molar refractivity (Wildman–Crippen MR) is 67.9 cm³/mol. The minimum atomic E-state index is -0.817. The van der Waals surface area contributed by atoms with Crippen LogP contribution in [0.5, 0.6) is 0 Å². The van der Waals surface area contributed by atoms with Crippen molar-refractivity contribution in [1.82, 2.24) is 5.32 Å². The normalized spacial score (nSPS) is 11.8. The lowest BCUT2D eigenvalue weighted by Gasteiger charge is -2.12. The SMILES string of the molecule is NC(C(=O)NCCCCC(=O)O)c1ccccc1. The monoisotopic (exact) mass is 250 g/mol. The number of carboxylic acid groups (broad SMARTS) is 1. The molecule has 5 nitrogen and oxygen atoms in total. The number of benzene rings is 1. The van der Waals surface area contributed by atoms with Crippen LogP contribution in [0.1, 0.15) is 30.9 Å². The second kappa shape index (κ2) is 7.45. The smallest absolute Gasteiger partial charge is 0.303 e. The Labute approximate surface area is 106 Å². The molecule has 1 aromatic rings. The van der Waals surface area contributed by atoms with Crippen LogP contribution in [0.2, 0.25) is 0 Å². The maximum atomic E-state index is 11.7. The second-order valence-electron chi connectivity index (χ2n) is 4.03. The molecule has 1 atom stereocenters. The highest BCUT2D eigenvalue weighted by atomic mass is 16.4. The molecule has 1 aromatic carbocycles. The van der Waals surface area contributed by atoms with Crippen molar-refractivity contribution in [2.24, 2.45) is 5.73 Å². The van der Waals surface area contributed by atoms with E-state index in [0.29, 0.717) is 19.4 Å². The third-order valence-corrected chi connectivity index (χ3v) is 2.56. The van der Waals surface area contributed by atoms with Gasteiger partial charge in [-0.25, -0.2) is 0 Å². The number of hydrogen-bond donors (Lipinski definition) is 3. The van der Waals surface area contributed by atoms with Crippen molar-refractivity contribution < 1.29 is 14.7 Å². The molecule has 0 aliphatic rings. The maximum absolute atomic E-state index is 11.7. The molecule has 0 saturated carbocycles. The standard InChI is InChI=1S/C13H18N2O3/c14-12(10-6-2-1-3-7-10)13(18)15-9-5-4-8-11(16)17/h1-3,6-7,12H,4-5,8-9,14H2,(H,15,18)(H,16,17). The van der Waals surface area contributed by atoms with E-state index in [1.165, 1.54) is 0 Å². The van der Waals surface area contributed by atoms with Gasteiger partial charge in [-0.05, 0) is 18.4 Å². The highest BCUT2D eigenvalue weighted by Gasteiger charge is 2.14. The molecule has 1 unspecified atom stereocenters. The quantitative estimate of drug-likeness (QED) is 0.631. The topological polar surface area (TPSA) is 92.4 Å². The van der Waals surface area contributed by atoms with Gasteiger partial charge in [0.1, 0.15) is 6.04 Å². The van der Waals surface area contributed by atoms with Gasteiger partial charge in [0.15, 0.2) is 0 Å². The molecular formula is C13H18N2O3. The molecule has 0 aromatic heterocycles. The molecule has 18 heavy (non-hydrogen) atoms. The van der Waals surface area contributed by atoms with Crippen molar-refractivity contribution in [2.45, 2.75) is 25.3 Å². The van der Waals surface area contributed by atoms with Crippen molar-refractivity contribution in [3.63, 3.8) is 0 Å². The Balaban J connectivity index is 2.26. The Morgan fingerprint density at radius 2 is 1.89 bits per heavy atom. The summed E-state index contributed by atoms with van der Waals surface area (Å²) < 4.78 is 0. The molecular weight excluding hydrogens is 232 g/mol. The van der Waals surface area contributed by atoms with Crippen LogP contribution in [-0.2, 0) is 9.59 Å². The lowest BCUT2D eigenvalue weighted by Crippen LogP contribution is -2.34. The van der Waals surface area contributed by atoms with Crippen LogP contribution in [0, 0.1) is 0 Å². The molecule has 5 heteroatoms. The van der Waals surface area contributed by atoms with E-state index in [-0.39, 0.29) is 12.3 Å². The van der Waals surface area contributed by atoms with Gasteiger partial charge in [0, 0.05) is 13.0 Å². The van der Waals surface area contributed by atoms with E-state index in [1.54, 1.807) is 12.1 Å². The van der Waals surface area contributed by atoms with Gasteiger partial charge >= 0.3 is 5.97 Å². The van der Waals surface area contributed by atoms with Gasteiger partial charge in [0.2, 0.25) is 5.91 Å². The number of carbonyl (C=O) groups excluding carboxylic acids is 1. The number of rotatable bonds is 7. The van der Waals surface area contributed by atoms with Gasteiger partial charge in [0.25, 0.3) is 0 Å². The zero-order chi connectivity index (χ0) is 13.4. The average Bonchev–Trinajstić information content (AvgIpc) is 2.38. The van der Waals surface area contributed by atoms with Crippen molar-refractivity contribution in [2.75, 3.05) is 6.54 Å². The number of nitrogens with one attached hydrogen (secondary N) is 1. The molecule has 0 spiro atoms. The fourth-order valence-electron chi connectivity index (χ4n) is 1.53. The lowest BCUT2D eigenvalue weighted by molar-refractivity contribution is -0.137. The maximum Gasteiger partial charge on any atom is 0.303 e. The predicted octanol–water partition coefficient (Wildman–Crippen LogP) is 1.06. The van der Waals surface area contributed by atoms with Crippen LogP contribution in [0.25, 0.3) is 0 Å². The summed E-state index contributed by atoms with van der Waals surface area (Å²) >= 11 is 0. The van der Waals surface area contributed by atoms with E-state index in [0.717, 1.165) is 5.56 Å². The summed E-state index contributed by atoms with van der Waals surface area (Å²) in [5.41, 5.74) is 6.56. The number of unbranched alkanes of at least 4 members (excludes halogenated alkanes) is 1. The Kier molecular flexibility index (Phi) is 5.87. The zero-order valence-corrected chi connectivity index (χ0v) is 10.1. The van der Waals surface area contributed by atoms with Crippen LogP contribution in [0.3, 0.4) is 0 Å².